The van der Waals surface area contributed by atoms with Gasteiger partial charge in [0.15, 0.2) is 12.1 Å². The average molecular weight is 640 g/mol. The first-order chi connectivity index (χ1) is 21.6. The summed E-state index contributed by atoms with van der Waals surface area (Å²) in [5, 5.41) is 7.85. The Morgan fingerprint density at radius 1 is 1.00 bits per heavy atom. The van der Waals surface area contributed by atoms with Crippen LogP contribution in [-0.4, -0.2) is 65.8 Å². The normalized spacial score (nSPS) is 11.9. The molecule has 45 heavy (non-hydrogen) atoms. The fraction of sp³-hybridized carbons (Fsp3) is 0.333. The number of benzene rings is 3. The Morgan fingerprint density at radius 2 is 1.69 bits per heavy atom. The van der Waals surface area contributed by atoms with Gasteiger partial charge in [-0.1, -0.05) is 74.6 Å². The third-order valence-corrected chi connectivity index (χ3v) is 7.13. The third-order valence-electron chi connectivity index (χ3n) is 6.85. The lowest BCUT2D eigenvalue weighted by Gasteiger charge is -2.14. The van der Waals surface area contributed by atoms with E-state index in [1.165, 1.54) is 40.1 Å². The number of anilines is 1. The predicted octanol–water partition coefficient (Wildman–Crippen LogP) is 7.41. The molecule has 12 heteroatoms. The van der Waals surface area contributed by atoms with Crippen LogP contribution < -0.4 is 10.1 Å². The topological polar surface area (TPSA) is 82.8 Å². The number of rotatable bonds is 15. The van der Waals surface area contributed by atoms with Crippen molar-refractivity contribution in [2.24, 2.45) is 4.99 Å². The second-order valence-corrected chi connectivity index (χ2v) is 11.1. The van der Waals surface area contributed by atoms with Crippen molar-refractivity contribution >= 4 is 29.2 Å². The van der Waals surface area contributed by atoms with Gasteiger partial charge in [-0.25, -0.2) is 0 Å². The van der Waals surface area contributed by atoms with Gasteiger partial charge < -0.3 is 19.5 Å². The van der Waals surface area contributed by atoms with E-state index in [0.717, 1.165) is 16.0 Å². The zero-order chi connectivity index (χ0) is 32.4. The lowest BCUT2D eigenvalue weighted by Crippen LogP contribution is -2.19. The highest BCUT2D eigenvalue weighted by atomic mass is 32.1. The van der Waals surface area contributed by atoms with Crippen LogP contribution in [0, 0.1) is 0 Å². The summed E-state index contributed by atoms with van der Waals surface area (Å²) in [4.78, 5) is 10.1. The maximum atomic E-state index is 12.6. The molecule has 0 fully saturated rings. The van der Waals surface area contributed by atoms with Gasteiger partial charge in [0.25, 0.3) is 0 Å². The molecule has 0 aliphatic carbocycles. The molecule has 1 N–H and O–H groups in total. The molecule has 0 aliphatic rings. The molecule has 238 valence electrons. The van der Waals surface area contributed by atoms with Crippen molar-refractivity contribution in [3.63, 3.8) is 0 Å². The van der Waals surface area contributed by atoms with Crippen LogP contribution in [0.5, 0.6) is 5.75 Å². The lowest BCUT2D eigenvalue weighted by molar-refractivity contribution is -0.274. The monoisotopic (exact) mass is 639 g/mol. The van der Waals surface area contributed by atoms with Crippen molar-refractivity contribution in [2.45, 2.75) is 45.3 Å². The quantitative estimate of drug-likeness (QED) is 0.0824. The van der Waals surface area contributed by atoms with Crippen LogP contribution in [0.1, 0.15) is 42.9 Å². The van der Waals surface area contributed by atoms with E-state index in [0.29, 0.717) is 49.3 Å². The molecule has 0 atom stereocenters. The van der Waals surface area contributed by atoms with Crippen LogP contribution in [0.2, 0.25) is 0 Å². The number of hydrogen-bond donors (Lipinski definition) is 1. The van der Waals surface area contributed by atoms with Crippen LogP contribution in [0.3, 0.4) is 0 Å². The van der Waals surface area contributed by atoms with E-state index >= 15 is 0 Å². The number of nitrogens with one attached hydrogen (secondary N) is 1. The average Bonchev–Trinajstić information content (AvgIpc) is 3.43. The SMILES string of the molecule is COC(CCNc1nc(-c2ccc(C=NCC(=S)Cc3ccccc3C(C)C)cc2)nn1-c1ccc(OC(F)(F)F)cc1)OC. The predicted molar refractivity (Wildman–Crippen MR) is 174 cm³/mol. The molecule has 3 aromatic carbocycles. The van der Waals surface area contributed by atoms with Gasteiger partial charge in [0, 0.05) is 50.2 Å². The summed E-state index contributed by atoms with van der Waals surface area (Å²) in [5.41, 5.74) is 4.68. The fourth-order valence-corrected chi connectivity index (χ4v) is 4.88. The fourth-order valence-electron chi connectivity index (χ4n) is 4.65. The van der Waals surface area contributed by atoms with Crippen molar-refractivity contribution in [1.29, 1.82) is 0 Å². The molecule has 0 saturated carbocycles. The van der Waals surface area contributed by atoms with E-state index in [2.05, 4.69) is 57.2 Å². The third kappa shape index (κ3) is 9.93. The summed E-state index contributed by atoms with van der Waals surface area (Å²) in [6.45, 7) is 5.25. The summed E-state index contributed by atoms with van der Waals surface area (Å²) in [5.74, 6) is 0.925. The van der Waals surface area contributed by atoms with Gasteiger partial charge in [0.2, 0.25) is 5.95 Å². The van der Waals surface area contributed by atoms with Crippen molar-refractivity contribution < 1.29 is 27.4 Å². The van der Waals surface area contributed by atoms with Gasteiger partial charge in [-0.05, 0) is 46.9 Å². The van der Waals surface area contributed by atoms with Crippen LogP contribution in [-0.2, 0) is 15.9 Å². The zero-order valence-electron chi connectivity index (χ0n) is 25.5. The smallest absolute Gasteiger partial charge is 0.406 e. The number of nitrogens with zero attached hydrogens (tertiary/aromatic N) is 4. The Balaban J connectivity index is 1.47. The minimum Gasteiger partial charge on any atom is -0.406 e. The van der Waals surface area contributed by atoms with E-state index in [1.807, 2.05) is 30.3 Å². The molecular formula is C33H36F3N5O3S. The Labute approximate surface area is 266 Å². The molecule has 1 heterocycles. The van der Waals surface area contributed by atoms with Crippen LogP contribution in [0.15, 0.2) is 77.8 Å². The Hall–Kier alpha value is -4.13. The molecule has 0 unspecified atom stereocenters. The summed E-state index contributed by atoms with van der Waals surface area (Å²) in [6.07, 6.45) is -2.17. The number of aromatic nitrogens is 3. The molecule has 0 spiro atoms. The maximum Gasteiger partial charge on any atom is 0.573 e. The van der Waals surface area contributed by atoms with Crippen molar-refractivity contribution in [3.05, 3.63) is 89.5 Å². The zero-order valence-corrected chi connectivity index (χ0v) is 26.4. The molecule has 4 aromatic rings. The van der Waals surface area contributed by atoms with Gasteiger partial charge in [-0.2, -0.15) is 9.67 Å². The summed E-state index contributed by atoms with van der Waals surface area (Å²) in [7, 11) is 3.10. The Bertz CT molecular complexity index is 1570. The number of ether oxygens (including phenoxy) is 3. The highest BCUT2D eigenvalue weighted by Crippen LogP contribution is 2.26. The van der Waals surface area contributed by atoms with Crippen LogP contribution in [0.4, 0.5) is 19.1 Å². The molecule has 0 bridgehead atoms. The highest BCUT2D eigenvalue weighted by molar-refractivity contribution is 7.80. The number of alkyl halides is 3. The Morgan fingerprint density at radius 3 is 2.33 bits per heavy atom. The van der Waals surface area contributed by atoms with Crippen LogP contribution >= 0.6 is 12.2 Å². The number of hydrogen-bond acceptors (Lipinski definition) is 8. The largest absolute Gasteiger partial charge is 0.573 e. The first-order valence-corrected chi connectivity index (χ1v) is 14.8. The van der Waals surface area contributed by atoms with Crippen molar-refractivity contribution in [3.8, 4) is 22.8 Å². The van der Waals surface area contributed by atoms with Gasteiger partial charge in [0.05, 0.1) is 12.2 Å². The summed E-state index contributed by atoms with van der Waals surface area (Å²) >= 11 is 5.62. The van der Waals surface area contributed by atoms with E-state index in [1.54, 1.807) is 20.4 Å². The molecule has 0 radical (unpaired) electrons. The molecule has 1 aromatic heterocycles. The standard InChI is InChI=1S/C33H36F3N5O3S/c1-22(2)29-8-6-5-7-25(29)19-28(45)21-37-20-23-9-11-24(12-10-23)31-39-32(38-18-17-30(42-3)43-4)41(40-31)26-13-15-27(16-14-26)44-33(34,35)36/h5-16,20,22,30H,17-19,21H2,1-4H3,(H,38,39,40). The number of thiocarbonyl (C=S) groups is 1. The van der Waals surface area contributed by atoms with Crippen LogP contribution in [0.25, 0.3) is 17.1 Å². The Kier molecular flexibility index (Phi) is 11.8. The highest BCUT2D eigenvalue weighted by Gasteiger charge is 2.31. The molecule has 8 nitrogen and oxygen atoms in total. The molecule has 0 saturated heterocycles. The minimum absolute atomic E-state index is 0.331. The van der Waals surface area contributed by atoms with Gasteiger partial charge in [-0.15, -0.1) is 18.3 Å². The summed E-state index contributed by atoms with van der Waals surface area (Å²) in [6, 6.07) is 21.3. The summed E-state index contributed by atoms with van der Waals surface area (Å²) < 4.78 is 53.9. The number of methoxy groups -OCH3 is 2. The van der Waals surface area contributed by atoms with E-state index in [4.69, 9.17) is 21.7 Å². The van der Waals surface area contributed by atoms with Crippen molar-refractivity contribution in [1.82, 2.24) is 14.8 Å². The second kappa shape index (κ2) is 15.7. The molecule has 0 amide bonds. The van der Waals surface area contributed by atoms with Gasteiger partial charge in [0.1, 0.15) is 5.75 Å². The van der Waals surface area contributed by atoms with E-state index < -0.39 is 12.7 Å². The van der Waals surface area contributed by atoms with E-state index in [9.17, 15) is 13.2 Å². The van der Waals surface area contributed by atoms with E-state index in [-0.39, 0.29) is 5.75 Å². The van der Waals surface area contributed by atoms with Gasteiger partial charge >= 0.3 is 6.36 Å². The maximum absolute atomic E-state index is 12.6. The second-order valence-electron chi connectivity index (χ2n) is 10.5. The first kappa shape index (κ1) is 33.8. The number of halogens is 3. The molecular weight excluding hydrogens is 603 g/mol. The lowest BCUT2D eigenvalue weighted by atomic mass is 9.94. The van der Waals surface area contributed by atoms with Crippen molar-refractivity contribution in [2.75, 3.05) is 32.6 Å². The number of aliphatic imine (C=N–C) groups is 1. The molecule has 0 aliphatic heterocycles. The molecule has 4 rings (SSSR count). The minimum atomic E-state index is -4.78. The first-order valence-electron chi connectivity index (χ1n) is 14.4. The van der Waals surface area contributed by atoms with Gasteiger partial charge in [-0.3, -0.25) is 4.99 Å².